The van der Waals surface area contributed by atoms with Crippen LogP contribution >= 0.6 is 12.6 Å². The van der Waals surface area contributed by atoms with Gasteiger partial charge in [0.2, 0.25) is 0 Å². The first-order valence-corrected chi connectivity index (χ1v) is 6.15. The molecule has 20 heavy (non-hydrogen) atoms. The molecule has 0 saturated heterocycles. The molecule has 0 aliphatic rings. The third-order valence-corrected chi connectivity index (χ3v) is 3.11. The molecule has 0 amide bonds. The summed E-state index contributed by atoms with van der Waals surface area (Å²) in [6.45, 7) is 0. The van der Waals surface area contributed by atoms with Crippen molar-refractivity contribution in [3.8, 4) is 11.1 Å². The first kappa shape index (κ1) is 13.1. The van der Waals surface area contributed by atoms with E-state index in [1.807, 2.05) is 0 Å². The van der Waals surface area contributed by atoms with Crippen LogP contribution in [-0.2, 0) is 6.18 Å². The van der Waals surface area contributed by atoms with E-state index < -0.39 is 11.7 Å². The highest BCUT2D eigenvalue weighted by molar-refractivity contribution is 7.80. The summed E-state index contributed by atoms with van der Waals surface area (Å²) in [7, 11) is 0. The molecule has 1 aromatic heterocycles. The molecule has 0 saturated carbocycles. The molecule has 0 aliphatic carbocycles. The van der Waals surface area contributed by atoms with Crippen LogP contribution in [0.3, 0.4) is 0 Å². The molecular formula is C14H8F3NOS. The van der Waals surface area contributed by atoms with E-state index in [0.717, 1.165) is 17.7 Å². The van der Waals surface area contributed by atoms with Crippen LogP contribution in [0, 0.1) is 0 Å². The van der Waals surface area contributed by atoms with E-state index in [0.29, 0.717) is 16.7 Å². The van der Waals surface area contributed by atoms with Crippen LogP contribution in [0.5, 0.6) is 0 Å². The van der Waals surface area contributed by atoms with E-state index in [9.17, 15) is 13.2 Å². The van der Waals surface area contributed by atoms with E-state index in [2.05, 4.69) is 17.6 Å². The van der Waals surface area contributed by atoms with Crippen LogP contribution in [-0.4, -0.2) is 4.98 Å². The van der Waals surface area contributed by atoms with Crippen LogP contribution < -0.4 is 0 Å². The molecule has 2 nitrogen and oxygen atoms in total. The van der Waals surface area contributed by atoms with Crippen molar-refractivity contribution < 1.29 is 17.6 Å². The average molecular weight is 295 g/mol. The fourth-order valence-electron chi connectivity index (χ4n) is 1.94. The van der Waals surface area contributed by atoms with E-state index in [1.165, 1.54) is 12.1 Å². The summed E-state index contributed by atoms with van der Waals surface area (Å²) < 4.78 is 42.8. The normalized spacial score (nSPS) is 12.0. The minimum atomic E-state index is -4.33. The van der Waals surface area contributed by atoms with E-state index in [1.54, 1.807) is 18.2 Å². The first-order valence-electron chi connectivity index (χ1n) is 5.71. The number of halogens is 3. The zero-order chi connectivity index (χ0) is 14.3. The fraction of sp³-hybridized carbons (Fsp3) is 0.0714. The summed E-state index contributed by atoms with van der Waals surface area (Å²) in [6.07, 6.45) is -4.33. The largest absolute Gasteiger partial charge is 0.432 e. The van der Waals surface area contributed by atoms with Crippen LogP contribution in [0.25, 0.3) is 22.2 Å². The van der Waals surface area contributed by atoms with Gasteiger partial charge in [-0.3, -0.25) is 0 Å². The van der Waals surface area contributed by atoms with Crippen molar-refractivity contribution in [1.82, 2.24) is 4.98 Å². The maximum Gasteiger partial charge on any atom is 0.416 e. The minimum Gasteiger partial charge on any atom is -0.432 e. The number of fused-ring (bicyclic) bond motifs is 1. The number of rotatable bonds is 1. The second kappa shape index (κ2) is 4.56. The molecule has 0 radical (unpaired) electrons. The Labute approximate surface area is 117 Å². The van der Waals surface area contributed by atoms with Crippen LogP contribution in [0.2, 0.25) is 0 Å². The summed E-state index contributed by atoms with van der Waals surface area (Å²) in [5.41, 5.74) is 1.98. The van der Waals surface area contributed by atoms with Gasteiger partial charge in [0.15, 0.2) is 5.58 Å². The molecule has 102 valence electrons. The quantitative estimate of drug-likeness (QED) is 0.652. The molecule has 0 N–H and O–H groups in total. The van der Waals surface area contributed by atoms with Crippen molar-refractivity contribution in [3.63, 3.8) is 0 Å². The molecule has 0 atom stereocenters. The number of benzene rings is 2. The third-order valence-electron chi connectivity index (χ3n) is 2.92. The van der Waals surface area contributed by atoms with E-state index in [-0.39, 0.29) is 5.22 Å². The van der Waals surface area contributed by atoms with Gasteiger partial charge in [0.05, 0.1) is 5.56 Å². The lowest BCUT2D eigenvalue weighted by Crippen LogP contribution is -2.03. The number of aromatic nitrogens is 1. The number of thiol groups is 1. The third kappa shape index (κ3) is 2.38. The molecule has 0 bridgehead atoms. The van der Waals surface area contributed by atoms with Crippen molar-refractivity contribution in [1.29, 1.82) is 0 Å². The second-order valence-corrected chi connectivity index (χ2v) is 4.64. The summed E-state index contributed by atoms with van der Waals surface area (Å²) in [4.78, 5) is 4.04. The van der Waals surface area contributed by atoms with Crippen molar-refractivity contribution in [2.45, 2.75) is 11.4 Å². The smallest absolute Gasteiger partial charge is 0.416 e. The Morgan fingerprint density at radius 3 is 2.25 bits per heavy atom. The van der Waals surface area contributed by atoms with Gasteiger partial charge < -0.3 is 4.42 Å². The Bertz CT molecular complexity index is 762. The Morgan fingerprint density at radius 1 is 0.950 bits per heavy atom. The Balaban J connectivity index is 2.02. The summed E-state index contributed by atoms with van der Waals surface area (Å²) in [6, 6.07) is 10.2. The van der Waals surface area contributed by atoms with Gasteiger partial charge in [-0.2, -0.15) is 13.2 Å². The number of oxazole rings is 1. The Hall–Kier alpha value is -1.95. The number of hydrogen-bond acceptors (Lipinski definition) is 3. The summed E-state index contributed by atoms with van der Waals surface area (Å²) in [5.74, 6) is 0. The van der Waals surface area contributed by atoms with Crippen molar-refractivity contribution in [2.24, 2.45) is 0 Å². The van der Waals surface area contributed by atoms with Crippen molar-refractivity contribution in [3.05, 3.63) is 48.0 Å². The number of alkyl halides is 3. The molecule has 1 heterocycles. The van der Waals surface area contributed by atoms with Crippen LogP contribution in [0.4, 0.5) is 13.2 Å². The lowest BCUT2D eigenvalue weighted by Gasteiger charge is -2.07. The van der Waals surface area contributed by atoms with Gasteiger partial charge in [-0.05, 0) is 35.4 Å². The summed E-state index contributed by atoms with van der Waals surface area (Å²) in [5, 5.41) is 0.254. The van der Waals surface area contributed by atoms with Crippen molar-refractivity contribution in [2.75, 3.05) is 0 Å². The predicted octanol–water partition coefficient (Wildman–Crippen LogP) is 4.80. The van der Waals surface area contributed by atoms with Gasteiger partial charge in [0, 0.05) is 0 Å². The molecule has 0 aliphatic heterocycles. The predicted molar refractivity (Wildman–Crippen MR) is 71.7 cm³/mol. The Kier molecular flexibility index (Phi) is 2.97. The lowest BCUT2D eigenvalue weighted by atomic mass is 10.0. The lowest BCUT2D eigenvalue weighted by molar-refractivity contribution is -0.137. The zero-order valence-electron chi connectivity index (χ0n) is 9.98. The van der Waals surface area contributed by atoms with E-state index in [4.69, 9.17) is 4.42 Å². The molecule has 0 spiro atoms. The Morgan fingerprint density at radius 2 is 1.60 bits per heavy atom. The zero-order valence-corrected chi connectivity index (χ0v) is 10.9. The van der Waals surface area contributed by atoms with Gasteiger partial charge in [-0.15, -0.1) is 0 Å². The SMILES string of the molecule is FC(F)(F)c1ccc(-c2ccc3nc(S)oc3c2)cc1. The number of hydrogen-bond donors (Lipinski definition) is 1. The van der Waals surface area contributed by atoms with Gasteiger partial charge in [-0.25, -0.2) is 4.98 Å². The molecule has 6 heteroatoms. The van der Waals surface area contributed by atoms with Gasteiger partial charge in [0.1, 0.15) is 5.52 Å². The second-order valence-electron chi connectivity index (χ2n) is 4.25. The first-order chi connectivity index (χ1) is 9.43. The molecule has 0 unspecified atom stereocenters. The number of nitrogens with zero attached hydrogens (tertiary/aromatic N) is 1. The maximum absolute atomic E-state index is 12.5. The molecule has 3 rings (SSSR count). The van der Waals surface area contributed by atoms with Crippen LogP contribution in [0.1, 0.15) is 5.56 Å². The average Bonchev–Trinajstić information content (AvgIpc) is 2.77. The van der Waals surface area contributed by atoms with Gasteiger partial charge in [-0.1, -0.05) is 30.8 Å². The standard InChI is InChI=1S/C14H8F3NOS/c15-14(16,17)10-4-1-8(2-5-10)9-3-6-11-12(7-9)19-13(20)18-11/h1-7H,(H,18,20). The van der Waals surface area contributed by atoms with Gasteiger partial charge >= 0.3 is 6.18 Å². The summed E-state index contributed by atoms with van der Waals surface area (Å²) >= 11 is 4.01. The monoisotopic (exact) mass is 295 g/mol. The fourth-order valence-corrected chi connectivity index (χ4v) is 2.15. The van der Waals surface area contributed by atoms with E-state index >= 15 is 0 Å². The highest BCUT2D eigenvalue weighted by atomic mass is 32.1. The molecule has 2 aromatic carbocycles. The highest BCUT2D eigenvalue weighted by Gasteiger charge is 2.29. The molecule has 3 aromatic rings. The van der Waals surface area contributed by atoms with Gasteiger partial charge in [0.25, 0.3) is 5.22 Å². The minimum absolute atomic E-state index is 0.254. The molecular weight excluding hydrogens is 287 g/mol. The van der Waals surface area contributed by atoms with Crippen LogP contribution in [0.15, 0.2) is 52.1 Å². The molecule has 0 fully saturated rings. The maximum atomic E-state index is 12.5. The highest BCUT2D eigenvalue weighted by Crippen LogP contribution is 2.31. The topological polar surface area (TPSA) is 26.0 Å². The van der Waals surface area contributed by atoms with Crippen molar-refractivity contribution >= 4 is 23.7 Å².